The van der Waals surface area contributed by atoms with Crippen LogP contribution in [0.5, 0.6) is 0 Å². The predicted octanol–water partition coefficient (Wildman–Crippen LogP) is 2.09. The molecular formula is C15H18N2O5. The highest BCUT2D eigenvalue weighted by atomic mass is 16.5. The fraction of sp³-hybridized carbons (Fsp3) is 0.400. The van der Waals surface area contributed by atoms with Gasteiger partial charge in [0.05, 0.1) is 18.7 Å². The molecule has 0 fully saturated rings. The maximum atomic E-state index is 12.2. The van der Waals surface area contributed by atoms with Gasteiger partial charge in [-0.1, -0.05) is 5.16 Å². The van der Waals surface area contributed by atoms with E-state index in [-0.39, 0.29) is 24.4 Å². The Balaban J connectivity index is 2.05. The molecule has 1 N–H and O–H groups in total. The minimum Gasteiger partial charge on any atom is -0.478 e. The number of hydrogen-bond donors (Lipinski definition) is 1. The van der Waals surface area contributed by atoms with Crippen molar-refractivity contribution in [2.24, 2.45) is 0 Å². The Morgan fingerprint density at radius 2 is 1.95 bits per heavy atom. The predicted molar refractivity (Wildman–Crippen MR) is 76.6 cm³/mol. The molecule has 0 spiro atoms. The minimum absolute atomic E-state index is 0.113. The first-order valence-electron chi connectivity index (χ1n) is 6.78. The molecule has 0 saturated heterocycles. The molecule has 2 aromatic rings. The number of hydrogen-bond acceptors (Lipinski definition) is 5. The number of carboxylic acid groups (broad SMARTS) is 1. The van der Waals surface area contributed by atoms with Crippen LogP contribution >= 0.6 is 0 Å². The van der Waals surface area contributed by atoms with E-state index in [1.807, 2.05) is 0 Å². The van der Waals surface area contributed by atoms with E-state index < -0.39 is 5.97 Å². The summed E-state index contributed by atoms with van der Waals surface area (Å²) in [5.41, 5.74) is 1.58. The van der Waals surface area contributed by atoms with Crippen molar-refractivity contribution in [3.05, 3.63) is 40.2 Å². The Morgan fingerprint density at radius 3 is 2.45 bits per heavy atom. The van der Waals surface area contributed by atoms with Gasteiger partial charge in [-0.05, 0) is 26.8 Å². The molecule has 2 heterocycles. The second kappa shape index (κ2) is 6.05. The number of aromatic nitrogens is 1. The van der Waals surface area contributed by atoms with Crippen molar-refractivity contribution < 1.29 is 23.6 Å². The van der Waals surface area contributed by atoms with Crippen LogP contribution in [0.4, 0.5) is 0 Å². The molecule has 0 radical (unpaired) electrons. The first-order chi connectivity index (χ1) is 10.3. The number of carbonyl (C=O) groups excluding carboxylic acids is 1. The smallest absolute Gasteiger partial charge is 0.339 e. The Hall–Kier alpha value is -2.57. The molecule has 0 aliphatic heterocycles. The summed E-state index contributed by atoms with van der Waals surface area (Å²) in [7, 11) is 1.64. The first-order valence-corrected chi connectivity index (χ1v) is 6.78. The van der Waals surface area contributed by atoms with Crippen LogP contribution in [0.1, 0.15) is 38.9 Å². The maximum absolute atomic E-state index is 12.2. The Morgan fingerprint density at radius 1 is 1.27 bits per heavy atom. The molecule has 7 heteroatoms. The molecule has 0 bridgehead atoms. The van der Waals surface area contributed by atoms with Crippen LogP contribution in [0.3, 0.4) is 0 Å². The standard InChI is InChI=1S/C15H18N2O5/c1-8-12(10(3)22-16-8)6-14(18)17(4)7-11-5-13(15(19)20)9(2)21-11/h5H,6-7H2,1-4H3,(H,19,20). The molecule has 0 aliphatic carbocycles. The summed E-state index contributed by atoms with van der Waals surface area (Å²) in [5, 5.41) is 12.8. The number of aryl methyl sites for hydroxylation is 3. The molecule has 2 aromatic heterocycles. The summed E-state index contributed by atoms with van der Waals surface area (Å²) in [5.74, 6) is 0.220. The van der Waals surface area contributed by atoms with Crippen LogP contribution in [-0.4, -0.2) is 34.1 Å². The zero-order chi connectivity index (χ0) is 16.4. The van der Waals surface area contributed by atoms with E-state index in [1.54, 1.807) is 27.8 Å². The lowest BCUT2D eigenvalue weighted by Gasteiger charge is -2.15. The monoisotopic (exact) mass is 306 g/mol. The second-order valence-corrected chi connectivity index (χ2v) is 5.22. The van der Waals surface area contributed by atoms with E-state index in [9.17, 15) is 9.59 Å². The van der Waals surface area contributed by atoms with Gasteiger partial charge in [-0.25, -0.2) is 4.79 Å². The Kier molecular flexibility index (Phi) is 4.35. The number of aromatic carboxylic acids is 1. The van der Waals surface area contributed by atoms with Crippen LogP contribution in [0.2, 0.25) is 0 Å². The average Bonchev–Trinajstić information content (AvgIpc) is 2.95. The van der Waals surface area contributed by atoms with Crippen LogP contribution in [0, 0.1) is 20.8 Å². The number of rotatable bonds is 5. The van der Waals surface area contributed by atoms with Gasteiger partial charge in [-0.2, -0.15) is 0 Å². The summed E-state index contributed by atoms with van der Waals surface area (Å²) < 4.78 is 10.4. The van der Waals surface area contributed by atoms with Crippen molar-refractivity contribution in [2.45, 2.75) is 33.7 Å². The highest BCUT2D eigenvalue weighted by molar-refractivity contribution is 5.88. The molecule has 118 valence electrons. The highest BCUT2D eigenvalue weighted by Gasteiger charge is 2.19. The highest BCUT2D eigenvalue weighted by Crippen LogP contribution is 2.18. The van der Waals surface area contributed by atoms with E-state index >= 15 is 0 Å². The maximum Gasteiger partial charge on any atom is 0.339 e. The molecule has 22 heavy (non-hydrogen) atoms. The van der Waals surface area contributed by atoms with Gasteiger partial charge in [0, 0.05) is 12.6 Å². The molecule has 0 atom stereocenters. The Bertz CT molecular complexity index is 694. The van der Waals surface area contributed by atoms with Gasteiger partial charge < -0.3 is 18.9 Å². The number of carboxylic acids is 1. The second-order valence-electron chi connectivity index (χ2n) is 5.22. The van der Waals surface area contributed by atoms with Crippen LogP contribution in [0.25, 0.3) is 0 Å². The lowest BCUT2D eigenvalue weighted by Crippen LogP contribution is -2.27. The van der Waals surface area contributed by atoms with Gasteiger partial charge in [0.2, 0.25) is 5.91 Å². The van der Waals surface area contributed by atoms with Crippen molar-refractivity contribution >= 4 is 11.9 Å². The number of likely N-dealkylation sites (N-methyl/N-ethyl adjacent to an activating group) is 1. The van der Waals surface area contributed by atoms with Gasteiger partial charge in [0.1, 0.15) is 22.8 Å². The normalized spacial score (nSPS) is 10.7. The van der Waals surface area contributed by atoms with Gasteiger partial charge >= 0.3 is 5.97 Å². The summed E-state index contributed by atoms with van der Waals surface area (Å²) in [4.78, 5) is 24.7. The zero-order valence-electron chi connectivity index (χ0n) is 13.0. The van der Waals surface area contributed by atoms with E-state index in [0.717, 1.165) is 5.56 Å². The third kappa shape index (κ3) is 3.19. The minimum atomic E-state index is -1.04. The van der Waals surface area contributed by atoms with Crippen LogP contribution in [-0.2, 0) is 17.8 Å². The topological polar surface area (TPSA) is 96.8 Å². The molecule has 0 unspecified atom stereocenters. The Labute approximate surface area is 127 Å². The van der Waals surface area contributed by atoms with Crippen molar-refractivity contribution in [3.8, 4) is 0 Å². The van der Waals surface area contributed by atoms with Gasteiger partial charge in [-0.3, -0.25) is 4.79 Å². The van der Waals surface area contributed by atoms with Crippen molar-refractivity contribution in [2.75, 3.05) is 7.05 Å². The van der Waals surface area contributed by atoms with Crippen molar-refractivity contribution in [1.82, 2.24) is 10.1 Å². The SMILES string of the molecule is Cc1noc(C)c1CC(=O)N(C)Cc1cc(C(=O)O)c(C)o1. The fourth-order valence-corrected chi connectivity index (χ4v) is 2.20. The van der Waals surface area contributed by atoms with E-state index in [2.05, 4.69) is 5.16 Å². The number of nitrogens with zero attached hydrogens (tertiary/aromatic N) is 2. The number of furan rings is 1. The largest absolute Gasteiger partial charge is 0.478 e. The van der Waals surface area contributed by atoms with Crippen LogP contribution in [0.15, 0.2) is 15.0 Å². The molecular weight excluding hydrogens is 288 g/mol. The molecule has 2 rings (SSSR count). The van der Waals surface area contributed by atoms with Crippen LogP contribution < -0.4 is 0 Å². The summed E-state index contributed by atoms with van der Waals surface area (Å²) in [6.07, 6.45) is 0.184. The van der Waals surface area contributed by atoms with Gasteiger partial charge in [-0.15, -0.1) is 0 Å². The van der Waals surface area contributed by atoms with Gasteiger partial charge in [0.15, 0.2) is 0 Å². The third-order valence-electron chi connectivity index (χ3n) is 3.53. The fourth-order valence-electron chi connectivity index (χ4n) is 2.20. The average molecular weight is 306 g/mol. The molecule has 1 amide bonds. The van der Waals surface area contributed by atoms with Crippen molar-refractivity contribution in [3.63, 3.8) is 0 Å². The number of amides is 1. The third-order valence-corrected chi connectivity index (χ3v) is 3.53. The van der Waals surface area contributed by atoms with Crippen molar-refractivity contribution in [1.29, 1.82) is 0 Å². The van der Waals surface area contributed by atoms with E-state index in [1.165, 1.54) is 11.0 Å². The zero-order valence-corrected chi connectivity index (χ0v) is 13.0. The summed E-state index contributed by atoms with van der Waals surface area (Å²) in [6, 6.07) is 1.44. The lowest BCUT2D eigenvalue weighted by atomic mass is 10.1. The summed E-state index contributed by atoms with van der Waals surface area (Å²) in [6.45, 7) is 5.33. The molecule has 0 aliphatic rings. The first kappa shape index (κ1) is 15.8. The lowest BCUT2D eigenvalue weighted by molar-refractivity contribution is -0.129. The molecule has 0 saturated carbocycles. The van der Waals surface area contributed by atoms with E-state index in [4.69, 9.17) is 14.0 Å². The van der Waals surface area contributed by atoms with E-state index in [0.29, 0.717) is 23.0 Å². The quantitative estimate of drug-likeness (QED) is 0.908. The van der Waals surface area contributed by atoms with Gasteiger partial charge in [0.25, 0.3) is 0 Å². The molecule has 7 nitrogen and oxygen atoms in total. The number of carbonyl (C=O) groups is 2. The molecule has 0 aromatic carbocycles. The summed E-state index contributed by atoms with van der Waals surface area (Å²) >= 11 is 0.